The third-order valence-corrected chi connectivity index (χ3v) is 9.18. The van der Waals surface area contributed by atoms with E-state index in [-0.39, 0.29) is 29.7 Å². The number of anilines is 1. The van der Waals surface area contributed by atoms with Crippen LogP contribution in [0.3, 0.4) is 0 Å². The molecule has 0 atom stereocenters. The first-order valence-electron chi connectivity index (χ1n) is 11.9. The summed E-state index contributed by atoms with van der Waals surface area (Å²) in [6.45, 7) is 1.98. The van der Waals surface area contributed by atoms with Crippen LogP contribution in [0.2, 0.25) is 10.0 Å². The lowest BCUT2D eigenvalue weighted by Gasteiger charge is -2.34. The number of methoxy groups -OCH3 is 1. The summed E-state index contributed by atoms with van der Waals surface area (Å²) in [6.07, 6.45) is 0. The fourth-order valence-electron chi connectivity index (χ4n) is 4.40. The molecule has 1 aliphatic heterocycles. The number of halogens is 3. The van der Waals surface area contributed by atoms with E-state index < -0.39 is 5.97 Å². The molecule has 0 saturated carbocycles. The van der Waals surface area contributed by atoms with Crippen LogP contribution in [0.15, 0.2) is 47.8 Å². The molecule has 202 valence electrons. The number of piperazine rings is 1. The fourth-order valence-corrected chi connectivity index (χ4v) is 7.12. The van der Waals surface area contributed by atoms with Crippen molar-refractivity contribution in [2.75, 3.05) is 45.2 Å². The molecule has 0 bridgehead atoms. The molecule has 5 rings (SSSR count). The first-order chi connectivity index (χ1) is 18.7. The third-order valence-electron chi connectivity index (χ3n) is 6.40. The zero-order valence-electron chi connectivity index (χ0n) is 20.6. The van der Waals surface area contributed by atoms with Gasteiger partial charge in [0, 0.05) is 52.2 Å². The van der Waals surface area contributed by atoms with Crippen molar-refractivity contribution in [1.29, 1.82) is 0 Å². The molecule has 0 radical (unpaired) electrons. The van der Waals surface area contributed by atoms with Gasteiger partial charge in [-0.05, 0) is 29.8 Å². The van der Waals surface area contributed by atoms with Gasteiger partial charge in [0.25, 0.3) is 5.91 Å². The van der Waals surface area contributed by atoms with Gasteiger partial charge in [0.05, 0.1) is 18.7 Å². The molecule has 1 N–H and O–H groups in total. The van der Waals surface area contributed by atoms with Gasteiger partial charge in [0.2, 0.25) is 5.91 Å². The number of thiophene rings is 2. The number of hydrogen-bond acceptors (Lipinski definition) is 7. The fraction of sp³-hybridized carbons (Fsp3) is 0.222. The average Bonchev–Trinajstić information content (AvgIpc) is 3.49. The second-order valence-electron chi connectivity index (χ2n) is 8.85. The maximum atomic E-state index is 13.4. The third kappa shape index (κ3) is 5.80. The standard InChI is InChI=1S/C27H22Cl2FN3O4S2/c1-37-27(36)22-19(15-2-5-17(30)6-3-15)14-38-25(22)31-21(34)13-32-8-10-33(11-9-32)26(35)24-23(29)18-7-4-16(28)12-20(18)39-24/h2-7,12,14H,8-11,13H2,1H3,(H,31,34). The van der Waals surface area contributed by atoms with E-state index in [1.807, 2.05) is 11.0 Å². The van der Waals surface area contributed by atoms with Gasteiger partial charge in [-0.3, -0.25) is 14.5 Å². The SMILES string of the molecule is COC(=O)c1c(-c2ccc(F)cc2)csc1NC(=O)CN1CCN(C(=O)c2sc3cc(Cl)ccc3c2Cl)CC1. The molecule has 0 spiro atoms. The van der Waals surface area contributed by atoms with Crippen molar-refractivity contribution < 1.29 is 23.5 Å². The number of rotatable bonds is 6. The minimum absolute atomic E-state index is 0.0918. The van der Waals surface area contributed by atoms with Crippen LogP contribution in [0.1, 0.15) is 20.0 Å². The second-order valence-corrected chi connectivity index (χ2v) is 11.6. The Labute approximate surface area is 241 Å². The van der Waals surface area contributed by atoms with Crippen molar-refractivity contribution >= 4 is 78.7 Å². The number of carbonyl (C=O) groups is 3. The molecule has 12 heteroatoms. The van der Waals surface area contributed by atoms with Crippen molar-refractivity contribution in [3.8, 4) is 11.1 Å². The zero-order chi connectivity index (χ0) is 27.7. The summed E-state index contributed by atoms with van der Waals surface area (Å²) in [6, 6.07) is 11.1. The Hall–Kier alpha value is -3.02. The van der Waals surface area contributed by atoms with Gasteiger partial charge in [0.15, 0.2) is 0 Å². The summed E-state index contributed by atoms with van der Waals surface area (Å²) in [7, 11) is 1.27. The monoisotopic (exact) mass is 605 g/mol. The van der Waals surface area contributed by atoms with Crippen molar-refractivity contribution in [3.63, 3.8) is 0 Å². The highest BCUT2D eigenvalue weighted by Gasteiger charge is 2.28. The zero-order valence-corrected chi connectivity index (χ0v) is 23.8. The Morgan fingerprint density at radius 2 is 1.77 bits per heavy atom. The quantitative estimate of drug-likeness (QED) is 0.262. The molecule has 1 fully saturated rings. The second kappa shape index (κ2) is 11.6. The van der Waals surface area contributed by atoms with E-state index in [4.69, 9.17) is 27.9 Å². The Morgan fingerprint density at radius 3 is 2.46 bits per heavy atom. The number of amides is 2. The van der Waals surface area contributed by atoms with Crippen molar-refractivity contribution in [1.82, 2.24) is 9.80 Å². The van der Waals surface area contributed by atoms with Crippen LogP contribution in [0.4, 0.5) is 9.39 Å². The van der Waals surface area contributed by atoms with Gasteiger partial charge < -0.3 is 15.0 Å². The smallest absolute Gasteiger partial charge is 0.341 e. The molecule has 1 saturated heterocycles. The van der Waals surface area contributed by atoms with Crippen LogP contribution >= 0.6 is 45.9 Å². The van der Waals surface area contributed by atoms with Gasteiger partial charge in [-0.2, -0.15) is 0 Å². The highest BCUT2D eigenvalue weighted by Crippen LogP contribution is 2.38. The molecule has 2 aromatic carbocycles. The van der Waals surface area contributed by atoms with Crippen molar-refractivity contribution in [2.45, 2.75) is 0 Å². The first-order valence-corrected chi connectivity index (χ1v) is 14.3. The number of hydrogen-bond donors (Lipinski definition) is 1. The maximum Gasteiger partial charge on any atom is 0.341 e. The van der Waals surface area contributed by atoms with E-state index in [0.717, 1.165) is 10.1 Å². The molecular formula is C27H22Cl2FN3O4S2. The van der Waals surface area contributed by atoms with Gasteiger partial charge in [-0.1, -0.05) is 41.4 Å². The highest BCUT2D eigenvalue weighted by atomic mass is 35.5. The van der Waals surface area contributed by atoms with Gasteiger partial charge in [-0.15, -0.1) is 22.7 Å². The van der Waals surface area contributed by atoms with E-state index in [2.05, 4.69) is 5.32 Å². The van der Waals surface area contributed by atoms with Crippen LogP contribution in [0.5, 0.6) is 0 Å². The van der Waals surface area contributed by atoms with E-state index in [1.165, 1.54) is 41.9 Å². The molecule has 0 unspecified atom stereocenters. The summed E-state index contributed by atoms with van der Waals surface area (Å²) in [5.74, 6) is -1.42. The number of fused-ring (bicyclic) bond motifs is 1. The number of nitrogens with one attached hydrogen (secondary N) is 1. The van der Waals surface area contributed by atoms with Crippen LogP contribution < -0.4 is 5.32 Å². The summed E-state index contributed by atoms with van der Waals surface area (Å²) in [5.41, 5.74) is 1.41. The van der Waals surface area contributed by atoms with Crippen LogP contribution in [0.25, 0.3) is 21.2 Å². The Balaban J connectivity index is 1.22. The number of ether oxygens (including phenoxy) is 1. The Kier molecular flexibility index (Phi) is 8.20. The number of carbonyl (C=O) groups excluding carboxylic acids is 3. The lowest BCUT2D eigenvalue weighted by molar-refractivity contribution is -0.117. The molecule has 4 aromatic rings. The van der Waals surface area contributed by atoms with Crippen molar-refractivity contribution in [2.24, 2.45) is 0 Å². The lowest BCUT2D eigenvalue weighted by atomic mass is 10.0. The predicted molar refractivity (Wildman–Crippen MR) is 154 cm³/mol. The molecule has 1 aliphatic rings. The van der Waals surface area contributed by atoms with Gasteiger partial charge in [0.1, 0.15) is 21.3 Å². The minimum Gasteiger partial charge on any atom is -0.465 e. The minimum atomic E-state index is -0.597. The van der Waals surface area contributed by atoms with Gasteiger partial charge in [-0.25, -0.2) is 9.18 Å². The lowest BCUT2D eigenvalue weighted by Crippen LogP contribution is -2.50. The summed E-state index contributed by atoms with van der Waals surface area (Å²) in [4.78, 5) is 42.7. The maximum absolute atomic E-state index is 13.4. The molecule has 2 amide bonds. The van der Waals surface area contributed by atoms with E-state index in [1.54, 1.807) is 34.5 Å². The molecule has 3 heterocycles. The summed E-state index contributed by atoms with van der Waals surface area (Å²) >= 11 is 15.1. The molecular weight excluding hydrogens is 584 g/mol. The normalized spacial score (nSPS) is 14.0. The van der Waals surface area contributed by atoms with Crippen LogP contribution in [0, 0.1) is 5.82 Å². The molecule has 0 aliphatic carbocycles. The molecule has 7 nitrogen and oxygen atoms in total. The van der Waals surface area contributed by atoms with E-state index in [0.29, 0.717) is 57.2 Å². The highest BCUT2D eigenvalue weighted by molar-refractivity contribution is 7.21. The topological polar surface area (TPSA) is 79.0 Å². The number of nitrogens with zero attached hydrogens (tertiary/aromatic N) is 2. The van der Waals surface area contributed by atoms with Crippen molar-refractivity contribution in [3.05, 3.63) is 74.1 Å². The Bertz CT molecular complexity index is 1560. The number of esters is 1. The average molecular weight is 607 g/mol. The summed E-state index contributed by atoms with van der Waals surface area (Å²) in [5, 5.41) is 6.71. The Morgan fingerprint density at radius 1 is 1.05 bits per heavy atom. The largest absolute Gasteiger partial charge is 0.465 e. The van der Waals surface area contributed by atoms with Crippen LogP contribution in [-0.4, -0.2) is 67.4 Å². The summed E-state index contributed by atoms with van der Waals surface area (Å²) < 4.78 is 19.2. The molecule has 39 heavy (non-hydrogen) atoms. The van der Waals surface area contributed by atoms with Gasteiger partial charge >= 0.3 is 5.97 Å². The first kappa shape index (κ1) is 27.5. The number of benzene rings is 2. The molecule has 2 aromatic heterocycles. The van der Waals surface area contributed by atoms with Crippen LogP contribution in [-0.2, 0) is 9.53 Å². The van der Waals surface area contributed by atoms with E-state index >= 15 is 0 Å². The predicted octanol–water partition coefficient (Wildman–Crippen LogP) is 6.26. The van der Waals surface area contributed by atoms with E-state index in [9.17, 15) is 18.8 Å².